The first kappa shape index (κ1) is 16.4. The molecule has 1 aliphatic rings. The van der Waals surface area contributed by atoms with Gasteiger partial charge in [-0.25, -0.2) is 4.68 Å². The van der Waals surface area contributed by atoms with E-state index in [0.717, 1.165) is 67.6 Å². The average Bonchev–Trinajstić information content (AvgIpc) is 3.20. The zero-order valence-electron chi connectivity index (χ0n) is 14.0. The molecular formula is C15H24ClN7. The van der Waals surface area contributed by atoms with E-state index in [1.807, 2.05) is 18.7 Å². The lowest BCUT2D eigenvalue weighted by Crippen LogP contribution is -2.25. The van der Waals surface area contributed by atoms with Crippen LogP contribution in [0.25, 0.3) is 0 Å². The van der Waals surface area contributed by atoms with E-state index >= 15 is 0 Å². The maximum absolute atomic E-state index is 6.47. The number of halogens is 1. The van der Waals surface area contributed by atoms with Crippen molar-refractivity contribution in [2.45, 2.75) is 58.7 Å². The number of tetrazole rings is 1. The van der Waals surface area contributed by atoms with Gasteiger partial charge in [0.15, 0.2) is 5.82 Å². The Morgan fingerprint density at radius 3 is 2.87 bits per heavy atom. The molecule has 0 bridgehead atoms. The van der Waals surface area contributed by atoms with E-state index in [1.54, 1.807) is 4.68 Å². The van der Waals surface area contributed by atoms with Crippen LogP contribution in [-0.4, -0.2) is 41.4 Å². The molecule has 0 saturated carbocycles. The van der Waals surface area contributed by atoms with Crippen molar-refractivity contribution in [3.05, 3.63) is 22.2 Å². The van der Waals surface area contributed by atoms with Crippen molar-refractivity contribution in [2.75, 3.05) is 6.54 Å². The Hall–Kier alpha value is -1.47. The highest BCUT2D eigenvalue weighted by molar-refractivity contribution is 6.30. The molecular weight excluding hydrogens is 314 g/mol. The molecule has 2 aromatic heterocycles. The molecule has 7 nitrogen and oxygen atoms in total. The van der Waals surface area contributed by atoms with E-state index < -0.39 is 0 Å². The summed E-state index contributed by atoms with van der Waals surface area (Å²) < 4.78 is 3.69. The molecule has 1 fully saturated rings. The first-order valence-electron chi connectivity index (χ1n) is 8.30. The zero-order chi connectivity index (χ0) is 16.4. The van der Waals surface area contributed by atoms with Crippen molar-refractivity contribution >= 4 is 11.6 Å². The summed E-state index contributed by atoms with van der Waals surface area (Å²) in [6, 6.07) is 0.299. The van der Waals surface area contributed by atoms with Crippen LogP contribution >= 0.6 is 11.6 Å². The molecule has 0 N–H and O–H groups in total. The molecule has 0 aromatic carbocycles. The summed E-state index contributed by atoms with van der Waals surface area (Å²) >= 11 is 6.47. The molecule has 0 aliphatic carbocycles. The smallest absolute Gasteiger partial charge is 0.165 e. The van der Waals surface area contributed by atoms with Gasteiger partial charge in [-0.1, -0.05) is 24.9 Å². The lowest BCUT2D eigenvalue weighted by molar-refractivity contribution is 0.236. The third-order valence-electron chi connectivity index (χ3n) is 4.57. The fourth-order valence-electron chi connectivity index (χ4n) is 3.37. The van der Waals surface area contributed by atoms with E-state index in [2.05, 4.69) is 32.4 Å². The Kier molecular flexibility index (Phi) is 4.96. The van der Waals surface area contributed by atoms with Crippen LogP contribution in [0.3, 0.4) is 0 Å². The summed E-state index contributed by atoms with van der Waals surface area (Å²) in [5, 5.41) is 17.4. The Labute approximate surface area is 141 Å². The first-order chi connectivity index (χ1) is 11.1. The summed E-state index contributed by atoms with van der Waals surface area (Å²) in [5.41, 5.74) is 2.17. The number of aryl methyl sites for hydroxylation is 3. The average molecular weight is 338 g/mol. The molecule has 1 aliphatic heterocycles. The highest BCUT2D eigenvalue weighted by Gasteiger charge is 2.32. The summed E-state index contributed by atoms with van der Waals surface area (Å²) in [5.74, 6) is 0.933. The van der Waals surface area contributed by atoms with Gasteiger partial charge in [-0.2, -0.15) is 5.10 Å². The number of rotatable bonds is 6. The number of hydrogen-bond acceptors (Lipinski definition) is 5. The second-order valence-corrected chi connectivity index (χ2v) is 6.57. The third kappa shape index (κ3) is 3.26. The molecule has 8 heteroatoms. The third-order valence-corrected chi connectivity index (χ3v) is 5.02. The molecule has 3 heterocycles. The van der Waals surface area contributed by atoms with Crippen molar-refractivity contribution in [2.24, 2.45) is 7.05 Å². The molecule has 0 radical (unpaired) electrons. The van der Waals surface area contributed by atoms with Gasteiger partial charge in [0.25, 0.3) is 0 Å². The van der Waals surface area contributed by atoms with E-state index in [0.29, 0.717) is 6.04 Å². The number of hydrogen-bond donors (Lipinski definition) is 0. The fraction of sp³-hybridized carbons (Fsp3) is 0.733. The van der Waals surface area contributed by atoms with Crippen LogP contribution in [0, 0.1) is 6.92 Å². The maximum atomic E-state index is 6.47. The van der Waals surface area contributed by atoms with E-state index in [4.69, 9.17) is 11.6 Å². The SMILES string of the molecule is CCCCn1nnnc1CN1CCC[C@H]1c1c(C)nn(C)c1Cl. The van der Waals surface area contributed by atoms with Crippen LogP contribution in [0.1, 0.15) is 55.7 Å². The van der Waals surface area contributed by atoms with Gasteiger partial charge in [-0.15, -0.1) is 5.10 Å². The molecule has 3 rings (SSSR count). The van der Waals surface area contributed by atoms with Crippen LogP contribution in [0.15, 0.2) is 0 Å². The molecule has 23 heavy (non-hydrogen) atoms. The van der Waals surface area contributed by atoms with Crippen molar-refractivity contribution in [1.82, 2.24) is 34.9 Å². The van der Waals surface area contributed by atoms with Gasteiger partial charge in [0.05, 0.1) is 12.2 Å². The topological polar surface area (TPSA) is 64.7 Å². The van der Waals surface area contributed by atoms with E-state index in [-0.39, 0.29) is 0 Å². The standard InChI is InChI=1S/C15H24ClN7/c1-4-5-9-23-13(17-19-20-23)10-22-8-6-7-12(22)14-11(2)18-21(3)15(14)16/h12H,4-10H2,1-3H3/t12-/m0/s1. The first-order valence-corrected chi connectivity index (χ1v) is 8.67. The Bertz CT molecular complexity index is 663. The fourth-order valence-corrected chi connectivity index (χ4v) is 3.67. The molecule has 0 amide bonds. The van der Waals surface area contributed by atoms with Crippen LogP contribution in [0.5, 0.6) is 0 Å². The second kappa shape index (κ2) is 6.97. The quantitative estimate of drug-likeness (QED) is 0.810. The van der Waals surface area contributed by atoms with Crippen LogP contribution < -0.4 is 0 Å². The number of likely N-dealkylation sites (tertiary alicyclic amines) is 1. The minimum absolute atomic E-state index is 0.299. The normalized spacial score (nSPS) is 18.9. The van der Waals surface area contributed by atoms with Gasteiger partial charge < -0.3 is 0 Å². The summed E-state index contributed by atoms with van der Waals surface area (Å²) in [4.78, 5) is 2.42. The van der Waals surface area contributed by atoms with Gasteiger partial charge in [0.2, 0.25) is 0 Å². The van der Waals surface area contributed by atoms with Crippen molar-refractivity contribution in [3.8, 4) is 0 Å². The predicted octanol–water partition coefficient (Wildman–Crippen LogP) is 2.51. The Balaban J connectivity index is 1.79. The lowest BCUT2D eigenvalue weighted by Gasteiger charge is -2.24. The highest BCUT2D eigenvalue weighted by Crippen LogP contribution is 2.38. The second-order valence-electron chi connectivity index (χ2n) is 6.21. The zero-order valence-corrected chi connectivity index (χ0v) is 14.8. The van der Waals surface area contributed by atoms with E-state index in [1.165, 1.54) is 0 Å². The highest BCUT2D eigenvalue weighted by atomic mass is 35.5. The summed E-state index contributed by atoms with van der Waals surface area (Å²) in [7, 11) is 1.89. The van der Waals surface area contributed by atoms with Crippen molar-refractivity contribution < 1.29 is 0 Å². The van der Waals surface area contributed by atoms with Gasteiger partial charge in [0, 0.05) is 25.2 Å². The molecule has 1 atom stereocenters. The van der Waals surface area contributed by atoms with Crippen LogP contribution in [0.4, 0.5) is 0 Å². The van der Waals surface area contributed by atoms with Crippen molar-refractivity contribution in [3.63, 3.8) is 0 Å². The maximum Gasteiger partial charge on any atom is 0.165 e. The van der Waals surface area contributed by atoms with Crippen molar-refractivity contribution in [1.29, 1.82) is 0 Å². The number of unbranched alkanes of at least 4 members (excludes halogenated alkanes) is 1. The van der Waals surface area contributed by atoms with Crippen LogP contribution in [0.2, 0.25) is 5.15 Å². The number of nitrogens with zero attached hydrogens (tertiary/aromatic N) is 7. The summed E-state index contributed by atoms with van der Waals surface area (Å²) in [6.45, 7) is 6.88. The minimum Gasteiger partial charge on any atom is -0.289 e. The van der Waals surface area contributed by atoms with Gasteiger partial charge in [-0.3, -0.25) is 9.58 Å². The van der Waals surface area contributed by atoms with E-state index in [9.17, 15) is 0 Å². The Morgan fingerprint density at radius 1 is 1.35 bits per heavy atom. The largest absolute Gasteiger partial charge is 0.289 e. The van der Waals surface area contributed by atoms with Crippen LogP contribution in [-0.2, 0) is 20.1 Å². The predicted molar refractivity (Wildman–Crippen MR) is 88.1 cm³/mol. The van der Waals surface area contributed by atoms with Gasteiger partial charge in [-0.05, 0) is 43.2 Å². The van der Waals surface area contributed by atoms with Gasteiger partial charge >= 0.3 is 0 Å². The monoisotopic (exact) mass is 337 g/mol. The molecule has 126 valence electrons. The minimum atomic E-state index is 0.299. The molecule has 0 unspecified atom stereocenters. The number of aromatic nitrogens is 6. The molecule has 0 spiro atoms. The Morgan fingerprint density at radius 2 is 2.17 bits per heavy atom. The lowest BCUT2D eigenvalue weighted by atomic mass is 10.1. The molecule has 1 saturated heterocycles. The molecule has 2 aromatic rings. The van der Waals surface area contributed by atoms with Gasteiger partial charge in [0.1, 0.15) is 5.15 Å². The summed E-state index contributed by atoms with van der Waals surface area (Å²) in [6.07, 6.45) is 4.49.